The first-order valence-corrected chi connectivity index (χ1v) is 7.68. The van der Waals surface area contributed by atoms with Gasteiger partial charge in [0.2, 0.25) is 5.91 Å². The largest absolute Gasteiger partial charge is 0.389 e. The van der Waals surface area contributed by atoms with Gasteiger partial charge in [0.1, 0.15) is 0 Å². The van der Waals surface area contributed by atoms with Crippen molar-refractivity contribution < 1.29 is 9.90 Å². The number of carbonyl (C=O) groups is 1. The first-order chi connectivity index (χ1) is 8.90. The van der Waals surface area contributed by atoms with Crippen LogP contribution in [0.15, 0.2) is 0 Å². The number of nitrogens with one attached hydrogen (secondary N) is 1. The number of fused-ring (bicyclic) bond motifs is 1. The predicted octanol–water partition coefficient (Wildman–Crippen LogP) is 1.53. The monoisotopic (exact) mass is 268 g/mol. The number of hydrogen-bond donors (Lipinski definition) is 2. The van der Waals surface area contributed by atoms with Crippen molar-refractivity contribution in [3.63, 3.8) is 0 Å². The maximum atomic E-state index is 12.5. The van der Waals surface area contributed by atoms with Gasteiger partial charge in [0.15, 0.2) is 0 Å². The lowest BCUT2D eigenvalue weighted by Crippen LogP contribution is -2.49. The molecular weight excluding hydrogens is 240 g/mol. The molecule has 2 fully saturated rings. The van der Waals surface area contributed by atoms with Gasteiger partial charge in [0.05, 0.1) is 11.6 Å². The van der Waals surface area contributed by atoms with Gasteiger partial charge in [-0.05, 0) is 46.0 Å². The molecule has 1 aliphatic carbocycles. The van der Waals surface area contributed by atoms with Crippen molar-refractivity contribution >= 4 is 5.91 Å². The van der Waals surface area contributed by atoms with E-state index in [4.69, 9.17) is 0 Å². The third-order valence-electron chi connectivity index (χ3n) is 4.43. The minimum atomic E-state index is -0.822. The number of carbonyl (C=O) groups excluding carboxylic acids is 1. The van der Waals surface area contributed by atoms with Crippen LogP contribution in [0.1, 0.15) is 52.9 Å². The highest BCUT2D eigenvalue weighted by molar-refractivity contribution is 5.82. The van der Waals surface area contributed by atoms with Crippen molar-refractivity contribution in [1.82, 2.24) is 10.2 Å². The molecule has 0 bridgehead atoms. The molecule has 1 amide bonds. The Morgan fingerprint density at radius 2 is 2.05 bits per heavy atom. The molecule has 0 spiro atoms. The zero-order chi connectivity index (χ0) is 14.0. The van der Waals surface area contributed by atoms with E-state index in [-0.39, 0.29) is 11.9 Å². The Labute approximate surface area is 116 Å². The Morgan fingerprint density at radius 1 is 1.37 bits per heavy atom. The van der Waals surface area contributed by atoms with Crippen molar-refractivity contribution in [2.45, 2.75) is 70.6 Å². The van der Waals surface area contributed by atoms with Gasteiger partial charge in [0.25, 0.3) is 0 Å². The van der Waals surface area contributed by atoms with E-state index < -0.39 is 5.60 Å². The summed E-state index contributed by atoms with van der Waals surface area (Å²) in [5, 5.41) is 13.4. The summed E-state index contributed by atoms with van der Waals surface area (Å²) in [6.07, 6.45) is 6.05. The Kier molecular flexibility index (Phi) is 4.51. The van der Waals surface area contributed by atoms with Crippen molar-refractivity contribution in [3.8, 4) is 0 Å². The molecule has 1 saturated heterocycles. The number of rotatable bonds is 4. The van der Waals surface area contributed by atoms with Gasteiger partial charge in [-0.2, -0.15) is 0 Å². The van der Waals surface area contributed by atoms with Crippen molar-refractivity contribution in [2.24, 2.45) is 5.92 Å². The topological polar surface area (TPSA) is 52.6 Å². The fourth-order valence-corrected chi connectivity index (χ4v) is 3.54. The summed E-state index contributed by atoms with van der Waals surface area (Å²) in [6.45, 7) is 6.56. The van der Waals surface area contributed by atoms with E-state index in [0.717, 1.165) is 6.42 Å². The molecule has 4 heteroatoms. The van der Waals surface area contributed by atoms with Gasteiger partial charge >= 0.3 is 0 Å². The molecule has 1 heterocycles. The molecule has 19 heavy (non-hydrogen) atoms. The fourth-order valence-electron chi connectivity index (χ4n) is 3.54. The van der Waals surface area contributed by atoms with Crippen LogP contribution in [-0.4, -0.2) is 46.7 Å². The van der Waals surface area contributed by atoms with Gasteiger partial charge in [-0.1, -0.05) is 12.8 Å². The lowest BCUT2D eigenvalue weighted by atomic mass is 9.85. The molecule has 4 nitrogen and oxygen atoms in total. The van der Waals surface area contributed by atoms with Gasteiger partial charge in [-0.15, -0.1) is 0 Å². The van der Waals surface area contributed by atoms with Crippen LogP contribution >= 0.6 is 0 Å². The van der Waals surface area contributed by atoms with Crippen LogP contribution in [0.25, 0.3) is 0 Å². The Balaban J connectivity index is 1.95. The minimum Gasteiger partial charge on any atom is -0.389 e. The molecule has 0 radical (unpaired) electrons. The van der Waals surface area contributed by atoms with E-state index in [1.807, 2.05) is 6.92 Å². The third-order valence-corrected chi connectivity index (χ3v) is 4.43. The zero-order valence-corrected chi connectivity index (χ0v) is 12.5. The SMILES string of the molecule is CCN(CC(C)(C)O)C(=O)C1CC2CCCCC2N1. The number of nitrogens with zero attached hydrogens (tertiary/aromatic N) is 1. The molecule has 2 N–H and O–H groups in total. The Bertz CT molecular complexity index is 311. The van der Waals surface area contributed by atoms with Gasteiger partial charge in [-0.3, -0.25) is 4.79 Å². The number of amides is 1. The second-order valence-corrected chi connectivity index (χ2v) is 6.77. The van der Waals surface area contributed by atoms with E-state index >= 15 is 0 Å². The van der Waals surface area contributed by atoms with Gasteiger partial charge in [0, 0.05) is 19.1 Å². The first-order valence-electron chi connectivity index (χ1n) is 7.68. The average Bonchev–Trinajstić information content (AvgIpc) is 2.77. The molecule has 0 aromatic heterocycles. The maximum absolute atomic E-state index is 12.5. The smallest absolute Gasteiger partial charge is 0.239 e. The van der Waals surface area contributed by atoms with Crippen molar-refractivity contribution in [3.05, 3.63) is 0 Å². The average molecular weight is 268 g/mol. The van der Waals surface area contributed by atoms with Crippen LogP contribution < -0.4 is 5.32 Å². The summed E-state index contributed by atoms with van der Waals surface area (Å²) in [6, 6.07) is 0.513. The molecule has 3 unspecified atom stereocenters. The Hall–Kier alpha value is -0.610. The molecule has 0 aromatic carbocycles. The molecular formula is C15H28N2O2. The molecule has 110 valence electrons. The third kappa shape index (κ3) is 3.69. The molecule has 0 aromatic rings. The standard InChI is InChI=1S/C15H28N2O2/c1-4-17(10-15(2,3)19)14(18)13-9-11-7-5-6-8-12(11)16-13/h11-13,16,19H,4-10H2,1-3H3. The van der Waals surface area contributed by atoms with E-state index in [1.165, 1.54) is 25.7 Å². The highest BCUT2D eigenvalue weighted by Crippen LogP contribution is 2.33. The first kappa shape index (κ1) is 14.8. The number of likely N-dealkylation sites (N-methyl/N-ethyl adjacent to an activating group) is 1. The van der Waals surface area contributed by atoms with Gasteiger partial charge in [-0.25, -0.2) is 0 Å². The quantitative estimate of drug-likeness (QED) is 0.813. The highest BCUT2D eigenvalue weighted by atomic mass is 16.3. The van der Waals surface area contributed by atoms with Crippen molar-refractivity contribution in [2.75, 3.05) is 13.1 Å². The molecule has 1 aliphatic heterocycles. The second kappa shape index (κ2) is 5.80. The maximum Gasteiger partial charge on any atom is 0.239 e. The second-order valence-electron chi connectivity index (χ2n) is 6.77. The summed E-state index contributed by atoms with van der Waals surface area (Å²) >= 11 is 0. The Morgan fingerprint density at radius 3 is 2.63 bits per heavy atom. The summed E-state index contributed by atoms with van der Waals surface area (Å²) in [4.78, 5) is 14.3. The van der Waals surface area contributed by atoms with Crippen LogP contribution in [0, 0.1) is 5.92 Å². The number of aliphatic hydroxyl groups is 1. The molecule has 1 saturated carbocycles. The van der Waals surface area contributed by atoms with E-state index in [2.05, 4.69) is 5.32 Å². The van der Waals surface area contributed by atoms with Crippen LogP contribution in [0.3, 0.4) is 0 Å². The van der Waals surface area contributed by atoms with Crippen molar-refractivity contribution in [1.29, 1.82) is 0 Å². The van der Waals surface area contributed by atoms with Crippen LogP contribution in [0.5, 0.6) is 0 Å². The van der Waals surface area contributed by atoms with Crippen LogP contribution in [0.2, 0.25) is 0 Å². The molecule has 3 atom stereocenters. The summed E-state index contributed by atoms with van der Waals surface area (Å²) < 4.78 is 0. The lowest BCUT2D eigenvalue weighted by Gasteiger charge is -2.30. The van der Waals surface area contributed by atoms with Crippen LogP contribution in [0.4, 0.5) is 0 Å². The normalized spacial score (nSPS) is 31.1. The zero-order valence-electron chi connectivity index (χ0n) is 12.5. The molecule has 2 aliphatic rings. The number of hydrogen-bond acceptors (Lipinski definition) is 3. The van der Waals surface area contributed by atoms with Gasteiger partial charge < -0.3 is 15.3 Å². The predicted molar refractivity (Wildman–Crippen MR) is 75.8 cm³/mol. The van der Waals surface area contributed by atoms with E-state index in [0.29, 0.717) is 25.0 Å². The fraction of sp³-hybridized carbons (Fsp3) is 0.933. The summed E-state index contributed by atoms with van der Waals surface area (Å²) in [5.41, 5.74) is -0.822. The van der Waals surface area contributed by atoms with Crippen LogP contribution in [-0.2, 0) is 4.79 Å². The highest BCUT2D eigenvalue weighted by Gasteiger charge is 2.39. The summed E-state index contributed by atoms with van der Waals surface area (Å²) in [5.74, 6) is 0.850. The van der Waals surface area contributed by atoms with E-state index in [1.54, 1.807) is 18.7 Å². The van der Waals surface area contributed by atoms with E-state index in [9.17, 15) is 9.90 Å². The summed E-state index contributed by atoms with van der Waals surface area (Å²) in [7, 11) is 0. The molecule has 2 rings (SSSR count). The minimum absolute atomic E-state index is 0.0320. The lowest BCUT2D eigenvalue weighted by molar-refractivity contribution is -0.135.